The molecule has 0 aromatic carbocycles. The fourth-order valence-corrected chi connectivity index (χ4v) is 1.30. The molecule has 0 radical (unpaired) electrons. The Hall–Kier alpha value is -1.83. The number of alkyl halides is 3. The van der Waals surface area contributed by atoms with Gasteiger partial charge in [0.05, 0.1) is 12.1 Å². The molecule has 0 spiro atoms. The summed E-state index contributed by atoms with van der Waals surface area (Å²) in [5.74, 6) is -3.33. The lowest BCUT2D eigenvalue weighted by atomic mass is 10.0. The smallest absolute Gasteiger partial charge is 0.480 e. The van der Waals surface area contributed by atoms with E-state index in [0.717, 1.165) is 12.2 Å². The molecule has 0 bridgehead atoms. The second-order valence-electron chi connectivity index (χ2n) is 3.96. The molecule has 106 valence electrons. The number of carbonyl (C=O) groups is 1. The minimum Gasteiger partial charge on any atom is -0.480 e. The summed E-state index contributed by atoms with van der Waals surface area (Å²) in [4.78, 5) is 10.4. The first-order valence-electron chi connectivity index (χ1n) is 5.12. The highest BCUT2D eigenvalue weighted by atomic mass is 19.4. The summed E-state index contributed by atoms with van der Waals surface area (Å²) in [7, 11) is 0. The first kappa shape index (κ1) is 15.2. The molecule has 0 amide bonds. The Morgan fingerprint density at radius 2 is 2.00 bits per heavy atom. The molecule has 0 aliphatic heterocycles. The lowest BCUT2D eigenvalue weighted by Crippen LogP contribution is -2.41. The number of hydrogen-bond donors (Lipinski definition) is 2. The maximum absolute atomic E-state index is 13.4. The van der Waals surface area contributed by atoms with Crippen molar-refractivity contribution in [3.63, 3.8) is 0 Å². The van der Waals surface area contributed by atoms with Gasteiger partial charge in [0, 0.05) is 0 Å². The standard InChI is InChI=1S/C11H11F4NO3/c1-10(16-6-9(17)18)4-2-7(12)8(3-5-10)19-11(13,14)15/h2-5,16H,6H2,1H3,(H,17,18). The van der Waals surface area contributed by atoms with Gasteiger partial charge < -0.3 is 9.84 Å². The number of hydrogen-bond acceptors (Lipinski definition) is 3. The molecule has 0 aromatic rings. The van der Waals surface area contributed by atoms with Crippen LogP contribution in [0.25, 0.3) is 0 Å². The molecule has 4 nitrogen and oxygen atoms in total. The third-order valence-corrected chi connectivity index (χ3v) is 2.24. The fraction of sp³-hybridized carbons (Fsp3) is 0.364. The van der Waals surface area contributed by atoms with Gasteiger partial charge in [0.25, 0.3) is 0 Å². The molecule has 0 heterocycles. The van der Waals surface area contributed by atoms with Crippen LogP contribution in [-0.4, -0.2) is 29.5 Å². The van der Waals surface area contributed by atoms with Gasteiger partial charge in [-0.1, -0.05) is 12.2 Å². The lowest BCUT2D eigenvalue weighted by Gasteiger charge is -2.22. The normalized spacial score (nSPS) is 23.4. The van der Waals surface area contributed by atoms with Crippen LogP contribution < -0.4 is 5.32 Å². The summed E-state index contributed by atoms with van der Waals surface area (Å²) < 4.78 is 52.9. The van der Waals surface area contributed by atoms with Gasteiger partial charge in [0.15, 0.2) is 11.6 Å². The molecule has 19 heavy (non-hydrogen) atoms. The Bertz CT molecular complexity index is 453. The van der Waals surface area contributed by atoms with Gasteiger partial charge >= 0.3 is 12.3 Å². The number of allylic oxidation sites excluding steroid dienone is 3. The molecule has 0 saturated carbocycles. The van der Waals surface area contributed by atoms with Gasteiger partial charge in [-0.2, -0.15) is 0 Å². The van der Waals surface area contributed by atoms with E-state index in [0.29, 0.717) is 0 Å². The maximum Gasteiger partial charge on any atom is 0.573 e. The molecule has 8 heteroatoms. The maximum atomic E-state index is 13.4. The second-order valence-corrected chi connectivity index (χ2v) is 3.96. The van der Waals surface area contributed by atoms with Crippen LogP contribution in [0.1, 0.15) is 6.92 Å². The third kappa shape index (κ3) is 5.12. The molecule has 0 aromatic heterocycles. The van der Waals surface area contributed by atoms with E-state index in [1.165, 1.54) is 19.1 Å². The molecule has 1 atom stereocenters. The van der Waals surface area contributed by atoms with Crippen LogP contribution in [0, 0.1) is 0 Å². The molecule has 1 aliphatic rings. The fourth-order valence-electron chi connectivity index (χ4n) is 1.30. The van der Waals surface area contributed by atoms with E-state index in [4.69, 9.17) is 5.11 Å². The van der Waals surface area contributed by atoms with Crippen molar-refractivity contribution in [2.75, 3.05) is 6.54 Å². The van der Waals surface area contributed by atoms with Crippen molar-refractivity contribution in [3.05, 3.63) is 35.9 Å². The molecule has 1 rings (SSSR count). The number of nitrogens with one attached hydrogen (secondary N) is 1. The summed E-state index contributed by atoms with van der Waals surface area (Å²) in [6, 6.07) is 0. The number of halogens is 4. The van der Waals surface area contributed by atoms with Crippen LogP contribution in [0.3, 0.4) is 0 Å². The van der Waals surface area contributed by atoms with Gasteiger partial charge in [0.2, 0.25) is 0 Å². The van der Waals surface area contributed by atoms with Crippen molar-refractivity contribution < 1.29 is 32.2 Å². The average molecular weight is 281 g/mol. The topological polar surface area (TPSA) is 58.6 Å². The first-order chi connectivity index (χ1) is 8.61. The number of ether oxygens (including phenoxy) is 1. The van der Waals surface area contributed by atoms with Crippen LogP contribution in [0.5, 0.6) is 0 Å². The molecule has 2 N–H and O–H groups in total. The number of aliphatic carboxylic acids is 1. The Balaban J connectivity index is 2.87. The minimum absolute atomic E-state index is 0.428. The Morgan fingerprint density at radius 1 is 1.42 bits per heavy atom. The number of carboxylic acid groups (broad SMARTS) is 1. The Morgan fingerprint density at radius 3 is 2.53 bits per heavy atom. The third-order valence-electron chi connectivity index (χ3n) is 2.24. The van der Waals surface area contributed by atoms with Gasteiger partial charge in [-0.15, -0.1) is 13.2 Å². The highest BCUT2D eigenvalue weighted by Gasteiger charge is 2.33. The number of carboxylic acids is 1. The highest BCUT2D eigenvalue weighted by Crippen LogP contribution is 2.27. The van der Waals surface area contributed by atoms with Crippen LogP contribution in [-0.2, 0) is 9.53 Å². The van der Waals surface area contributed by atoms with Gasteiger partial charge in [-0.05, 0) is 19.1 Å². The van der Waals surface area contributed by atoms with Crippen molar-refractivity contribution >= 4 is 5.97 Å². The molecular weight excluding hydrogens is 270 g/mol. The van der Waals surface area contributed by atoms with Gasteiger partial charge in [0.1, 0.15) is 0 Å². The van der Waals surface area contributed by atoms with Crippen molar-refractivity contribution in [2.24, 2.45) is 0 Å². The minimum atomic E-state index is -5.00. The molecule has 1 unspecified atom stereocenters. The van der Waals surface area contributed by atoms with E-state index in [2.05, 4.69) is 10.1 Å². The van der Waals surface area contributed by atoms with E-state index in [9.17, 15) is 22.4 Å². The van der Waals surface area contributed by atoms with E-state index in [-0.39, 0.29) is 0 Å². The van der Waals surface area contributed by atoms with E-state index < -0.39 is 36.0 Å². The van der Waals surface area contributed by atoms with Gasteiger partial charge in [-0.25, -0.2) is 4.39 Å². The van der Waals surface area contributed by atoms with Crippen LogP contribution in [0.4, 0.5) is 17.6 Å². The van der Waals surface area contributed by atoms with Crippen molar-refractivity contribution in [1.29, 1.82) is 0 Å². The van der Waals surface area contributed by atoms with E-state index in [1.54, 1.807) is 0 Å². The van der Waals surface area contributed by atoms with Crippen molar-refractivity contribution in [3.8, 4) is 0 Å². The zero-order valence-electron chi connectivity index (χ0n) is 9.79. The van der Waals surface area contributed by atoms with Gasteiger partial charge in [-0.3, -0.25) is 10.1 Å². The van der Waals surface area contributed by atoms with E-state index >= 15 is 0 Å². The van der Waals surface area contributed by atoms with Crippen molar-refractivity contribution in [2.45, 2.75) is 18.8 Å². The SMILES string of the molecule is CC1(NCC(=O)O)C=CC(F)=C(OC(F)(F)F)C=C1. The molecule has 0 saturated heterocycles. The zero-order chi connectivity index (χ0) is 14.7. The van der Waals surface area contributed by atoms with Crippen LogP contribution in [0.2, 0.25) is 0 Å². The Labute approximate surface area is 106 Å². The summed E-state index contributed by atoms with van der Waals surface area (Å²) in [6.45, 7) is 1.05. The lowest BCUT2D eigenvalue weighted by molar-refractivity contribution is -0.304. The highest BCUT2D eigenvalue weighted by molar-refractivity contribution is 5.69. The largest absolute Gasteiger partial charge is 0.573 e. The van der Waals surface area contributed by atoms with E-state index in [1.807, 2.05) is 0 Å². The number of rotatable bonds is 4. The predicted molar refractivity (Wildman–Crippen MR) is 57.6 cm³/mol. The quantitative estimate of drug-likeness (QED) is 0.776. The van der Waals surface area contributed by atoms with Crippen LogP contribution >= 0.6 is 0 Å². The predicted octanol–water partition coefficient (Wildman–Crippen LogP) is 2.26. The summed E-state index contributed by atoms with van der Waals surface area (Å²) in [5.41, 5.74) is -1.09. The summed E-state index contributed by atoms with van der Waals surface area (Å²) in [6.07, 6.45) is -1.03. The molecule has 0 fully saturated rings. The molecular formula is C11H11F4NO3. The Kier molecular flexibility index (Phi) is 4.35. The molecule has 1 aliphatic carbocycles. The summed E-state index contributed by atoms with van der Waals surface area (Å²) >= 11 is 0. The monoisotopic (exact) mass is 281 g/mol. The average Bonchev–Trinajstić information content (AvgIpc) is 2.39. The van der Waals surface area contributed by atoms with Crippen molar-refractivity contribution in [1.82, 2.24) is 5.32 Å². The zero-order valence-corrected chi connectivity index (χ0v) is 9.79. The summed E-state index contributed by atoms with van der Waals surface area (Å²) in [5, 5.41) is 11.1. The second kappa shape index (κ2) is 5.43. The first-order valence-corrected chi connectivity index (χ1v) is 5.12. The van der Waals surface area contributed by atoms with Crippen LogP contribution in [0.15, 0.2) is 35.9 Å².